The van der Waals surface area contributed by atoms with Crippen molar-refractivity contribution in [1.29, 1.82) is 0 Å². The first-order chi connectivity index (χ1) is 12.7. The zero-order chi connectivity index (χ0) is 18.1. The number of carbonyl (C=O) groups excluding carboxylic acids is 1. The number of aromatic nitrogens is 2. The van der Waals surface area contributed by atoms with Crippen molar-refractivity contribution in [3.63, 3.8) is 0 Å². The molecule has 0 radical (unpaired) electrons. The lowest BCUT2D eigenvalue weighted by atomic mass is 9.89. The summed E-state index contributed by atoms with van der Waals surface area (Å²) in [4.78, 5) is 15.5. The molecule has 26 heavy (non-hydrogen) atoms. The molecule has 1 unspecified atom stereocenters. The van der Waals surface area contributed by atoms with Gasteiger partial charge >= 0.3 is 0 Å². The highest BCUT2D eigenvalue weighted by molar-refractivity contribution is 5.81. The van der Waals surface area contributed by atoms with Gasteiger partial charge in [0.2, 0.25) is 5.91 Å². The fourth-order valence-corrected chi connectivity index (χ4v) is 4.36. The highest BCUT2D eigenvalue weighted by Crippen LogP contribution is 2.37. The molecular formula is C20H26N4O2. The molecule has 1 N–H and O–H groups in total. The number of rotatable bonds is 4. The van der Waals surface area contributed by atoms with E-state index >= 15 is 0 Å². The molecule has 6 nitrogen and oxygen atoms in total. The second-order valence-corrected chi connectivity index (χ2v) is 7.28. The zero-order valence-corrected chi connectivity index (χ0v) is 15.4. The molecule has 1 aromatic heterocycles. The molecule has 3 atom stereocenters. The number of hydrogen-bond acceptors (Lipinski definition) is 4. The predicted molar refractivity (Wildman–Crippen MR) is 99.0 cm³/mol. The summed E-state index contributed by atoms with van der Waals surface area (Å²) in [5, 5.41) is 7.69. The maximum atomic E-state index is 13.4. The molecule has 2 aliphatic heterocycles. The third-order valence-corrected chi connectivity index (χ3v) is 5.70. The van der Waals surface area contributed by atoms with E-state index in [-0.39, 0.29) is 23.8 Å². The van der Waals surface area contributed by atoms with Gasteiger partial charge in [-0.1, -0.05) is 12.1 Å². The van der Waals surface area contributed by atoms with E-state index in [1.165, 1.54) is 5.56 Å². The molecule has 0 aliphatic carbocycles. The fraction of sp³-hybridized carbons (Fsp3) is 0.500. The molecule has 2 aliphatic rings. The van der Waals surface area contributed by atoms with E-state index < -0.39 is 0 Å². The van der Waals surface area contributed by atoms with E-state index in [9.17, 15) is 4.79 Å². The van der Waals surface area contributed by atoms with Crippen LogP contribution in [0, 0.1) is 5.92 Å². The Kier molecular flexibility index (Phi) is 4.68. The van der Waals surface area contributed by atoms with Crippen LogP contribution in [0.25, 0.3) is 0 Å². The first kappa shape index (κ1) is 17.1. The highest BCUT2D eigenvalue weighted by atomic mass is 16.5. The van der Waals surface area contributed by atoms with E-state index in [2.05, 4.69) is 27.4 Å². The fourth-order valence-electron chi connectivity index (χ4n) is 4.36. The van der Waals surface area contributed by atoms with Gasteiger partial charge in [0, 0.05) is 38.8 Å². The van der Waals surface area contributed by atoms with Crippen molar-refractivity contribution in [3.05, 3.63) is 47.8 Å². The SMILES string of the molecule is COc1cccc(C2CCCN2C(=O)[C@H]2CNC[C@@H]2c2cnn(C)c2)c1. The number of hydrogen-bond donors (Lipinski definition) is 1. The Morgan fingerprint density at radius 2 is 2.19 bits per heavy atom. The van der Waals surface area contributed by atoms with Crippen LogP contribution in [-0.4, -0.2) is 47.3 Å². The van der Waals surface area contributed by atoms with Crippen LogP contribution in [0.5, 0.6) is 5.75 Å². The largest absolute Gasteiger partial charge is 0.497 e. The van der Waals surface area contributed by atoms with Gasteiger partial charge in [0.05, 0.1) is 25.3 Å². The lowest BCUT2D eigenvalue weighted by Crippen LogP contribution is -2.38. The first-order valence-electron chi connectivity index (χ1n) is 9.31. The van der Waals surface area contributed by atoms with E-state index in [4.69, 9.17) is 4.74 Å². The number of nitrogens with zero attached hydrogens (tertiary/aromatic N) is 3. The Morgan fingerprint density at radius 1 is 1.31 bits per heavy atom. The Labute approximate surface area is 154 Å². The van der Waals surface area contributed by atoms with Crippen molar-refractivity contribution in [2.75, 3.05) is 26.7 Å². The van der Waals surface area contributed by atoms with Gasteiger partial charge in [-0.25, -0.2) is 0 Å². The summed E-state index contributed by atoms with van der Waals surface area (Å²) in [5.41, 5.74) is 2.31. The molecule has 2 aromatic rings. The second-order valence-electron chi connectivity index (χ2n) is 7.28. The standard InChI is InChI=1S/C20H26N4O2/c1-23-13-15(10-22-23)17-11-21-12-18(17)20(25)24-8-4-7-19(24)14-5-3-6-16(9-14)26-2/h3,5-6,9-10,13,17-19,21H,4,7-8,11-12H2,1-2H3/t17-,18+,19?/m1/s1. The zero-order valence-electron chi connectivity index (χ0n) is 15.4. The molecule has 0 spiro atoms. The normalized spacial score (nSPS) is 25.6. The van der Waals surface area contributed by atoms with E-state index in [0.29, 0.717) is 0 Å². The van der Waals surface area contributed by atoms with Crippen molar-refractivity contribution in [3.8, 4) is 5.75 Å². The number of methoxy groups -OCH3 is 1. The summed E-state index contributed by atoms with van der Waals surface area (Å²) in [5.74, 6) is 1.28. The molecule has 3 heterocycles. The number of benzene rings is 1. The molecule has 2 fully saturated rings. The number of carbonyl (C=O) groups is 1. The number of nitrogens with one attached hydrogen (secondary N) is 1. The van der Waals surface area contributed by atoms with Gasteiger partial charge in [-0.3, -0.25) is 9.48 Å². The van der Waals surface area contributed by atoms with Crippen molar-refractivity contribution >= 4 is 5.91 Å². The summed E-state index contributed by atoms with van der Waals surface area (Å²) < 4.78 is 7.17. The number of ether oxygens (including phenoxy) is 1. The Hall–Kier alpha value is -2.34. The predicted octanol–water partition coefficient (Wildman–Crippen LogP) is 2.10. The average molecular weight is 354 g/mol. The van der Waals surface area contributed by atoms with Crippen molar-refractivity contribution in [2.45, 2.75) is 24.8 Å². The second kappa shape index (κ2) is 7.11. The molecule has 1 aromatic carbocycles. The smallest absolute Gasteiger partial charge is 0.228 e. The van der Waals surface area contributed by atoms with Gasteiger partial charge in [-0.05, 0) is 36.1 Å². The van der Waals surface area contributed by atoms with Gasteiger partial charge in [0.15, 0.2) is 0 Å². The van der Waals surface area contributed by atoms with Crippen LogP contribution in [0.15, 0.2) is 36.7 Å². The Balaban J connectivity index is 1.56. The highest BCUT2D eigenvalue weighted by Gasteiger charge is 2.40. The van der Waals surface area contributed by atoms with Crippen molar-refractivity contribution < 1.29 is 9.53 Å². The lowest BCUT2D eigenvalue weighted by molar-refractivity contribution is -0.136. The Morgan fingerprint density at radius 3 is 2.96 bits per heavy atom. The van der Waals surface area contributed by atoms with Crippen LogP contribution in [0.3, 0.4) is 0 Å². The molecule has 0 saturated carbocycles. The molecule has 6 heteroatoms. The van der Waals surface area contributed by atoms with Gasteiger partial charge in [0.25, 0.3) is 0 Å². The quantitative estimate of drug-likeness (QED) is 0.913. The third kappa shape index (κ3) is 3.09. The van der Waals surface area contributed by atoms with Gasteiger partial charge in [-0.15, -0.1) is 0 Å². The van der Waals surface area contributed by atoms with Crippen molar-refractivity contribution in [2.24, 2.45) is 13.0 Å². The molecule has 0 bridgehead atoms. The minimum atomic E-state index is -0.0228. The molecule has 138 valence electrons. The third-order valence-electron chi connectivity index (χ3n) is 5.70. The van der Waals surface area contributed by atoms with Gasteiger partial charge in [0.1, 0.15) is 5.75 Å². The topological polar surface area (TPSA) is 59.4 Å². The maximum Gasteiger partial charge on any atom is 0.228 e. The molecule has 1 amide bonds. The van der Waals surface area contributed by atoms with Gasteiger partial charge in [-0.2, -0.15) is 5.10 Å². The lowest BCUT2D eigenvalue weighted by Gasteiger charge is -2.29. The summed E-state index contributed by atoms with van der Waals surface area (Å²) in [7, 11) is 3.60. The minimum absolute atomic E-state index is 0.0228. The molecular weight excluding hydrogens is 328 g/mol. The van der Waals surface area contributed by atoms with E-state index in [1.54, 1.807) is 7.11 Å². The number of likely N-dealkylation sites (tertiary alicyclic amines) is 1. The van der Waals surface area contributed by atoms with Crippen LogP contribution < -0.4 is 10.1 Å². The number of amides is 1. The summed E-state index contributed by atoms with van der Waals surface area (Å²) in [6, 6.07) is 8.26. The van der Waals surface area contributed by atoms with Crippen LogP contribution in [0.4, 0.5) is 0 Å². The monoisotopic (exact) mass is 354 g/mol. The summed E-state index contributed by atoms with van der Waals surface area (Å²) in [6.45, 7) is 2.40. The Bertz CT molecular complexity index is 788. The minimum Gasteiger partial charge on any atom is -0.497 e. The maximum absolute atomic E-state index is 13.4. The van der Waals surface area contributed by atoms with Crippen LogP contribution >= 0.6 is 0 Å². The summed E-state index contributed by atoms with van der Waals surface area (Å²) >= 11 is 0. The molecule has 4 rings (SSSR count). The first-order valence-corrected chi connectivity index (χ1v) is 9.31. The van der Waals surface area contributed by atoms with E-state index in [0.717, 1.165) is 43.8 Å². The van der Waals surface area contributed by atoms with E-state index in [1.807, 2.05) is 36.3 Å². The van der Waals surface area contributed by atoms with Gasteiger partial charge < -0.3 is 15.0 Å². The number of aryl methyl sites for hydroxylation is 1. The van der Waals surface area contributed by atoms with Crippen LogP contribution in [-0.2, 0) is 11.8 Å². The summed E-state index contributed by atoms with van der Waals surface area (Å²) in [6.07, 6.45) is 5.98. The molecule has 2 saturated heterocycles. The van der Waals surface area contributed by atoms with Crippen LogP contribution in [0.2, 0.25) is 0 Å². The van der Waals surface area contributed by atoms with Crippen molar-refractivity contribution in [1.82, 2.24) is 20.0 Å². The average Bonchev–Trinajstić information content (AvgIpc) is 3.40. The van der Waals surface area contributed by atoms with Crippen LogP contribution in [0.1, 0.15) is 35.9 Å².